The van der Waals surface area contributed by atoms with E-state index in [0.29, 0.717) is 0 Å². The van der Waals surface area contributed by atoms with Crippen LogP contribution in [0.2, 0.25) is 0 Å². The van der Waals surface area contributed by atoms with Gasteiger partial charge >= 0.3 is 0 Å². The maximum atomic E-state index is 6.55. The van der Waals surface area contributed by atoms with Crippen molar-refractivity contribution in [2.24, 2.45) is 0 Å². The largest absolute Gasteiger partial charge is 0.455 e. The molecule has 2 heteroatoms. The Kier molecular flexibility index (Phi) is 9.20. The molecule has 0 saturated carbocycles. The number of anilines is 3. The number of nitrogens with zero attached hydrogens (tertiary/aromatic N) is 1. The van der Waals surface area contributed by atoms with Crippen LogP contribution in [0.25, 0.3) is 99.1 Å². The van der Waals surface area contributed by atoms with E-state index in [1.54, 1.807) is 0 Å². The van der Waals surface area contributed by atoms with Gasteiger partial charge in [-0.1, -0.05) is 188 Å². The molecular weight excluding hydrogens is 775 g/mol. The van der Waals surface area contributed by atoms with Crippen LogP contribution in [0.15, 0.2) is 253 Å². The highest BCUT2D eigenvalue weighted by Gasteiger charge is 2.20. The van der Waals surface area contributed by atoms with Gasteiger partial charge in [-0.15, -0.1) is 0 Å². The summed E-state index contributed by atoms with van der Waals surface area (Å²) >= 11 is 0. The van der Waals surface area contributed by atoms with Crippen LogP contribution in [0, 0.1) is 0 Å². The first kappa shape index (κ1) is 37.3. The molecule has 0 radical (unpaired) electrons. The van der Waals surface area contributed by atoms with Gasteiger partial charge in [0.15, 0.2) is 0 Å². The van der Waals surface area contributed by atoms with Crippen LogP contribution in [0.1, 0.15) is 0 Å². The highest BCUT2D eigenvalue weighted by atomic mass is 16.3. The molecule has 0 aliphatic carbocycles. The smallest absolute Gasteiger partial charge is 0.143 e. The molecule has 0 bridgehead atoms. The Hall–Kier alpha value is -8.46. The molecule has 0 aliphatic heterocycles. The third kappa shape index (κ3) is 6.70. The maximum Gasteiger partial charge on any atom is 0.143 e. The molecule has 1 heterocycles. The van der Waals surface area contributed by atoms with Crippen molar-refractivity contribution in [3.63, 3.8) is 0 Å². The van der Waals surface area contributed by atoms with Gasteiger partial charge in [-0.3, -0.25) is 0 Å². The number of para-hydroxylation sites is 1. The minimum atomic E-state index is 0.885. The van der Waals surface area contributed by atoms with E-state index >= 15 is 0 Å². The molecule has 300 valence electrons. The fourth-order valence-electron chi connectivity index (χ4n) is 9.46. The fraction of sp³-hybridized carbons (Fsp3) is 0. The summed E-state index contributed by atoms with van der Waals surface area (Å²) in [5, 5.41) is 6.99. The van der Waals surface area contributed by atoms with Crippen molar-refractivity contribution in [1.29, 1.82) is 0 Å². The van der Waals surface area contributed by atoms with E-state index in [2.05, 4.69) is 254 Å². The molecule has 12 aromatic rings. The van der Waals surface area contributed by atoms with Crippen LogP contribution in [-0.4, -0.2) is 0 Å². The number of hydrogen-bond donors (Lipinski definition) is 0. The molecule has 0 aliphatic rings. The Labute approximate surface area is 372 Å². The minimum absolute atomic E-state index is 0.885. The summed E-state index contributed by atoms with van der Waals surface area (Å²) in [5.74, 6) is 0. The van der Waals surface area contributed by atoms with Gasteiger partial charge in [0.25, 0.3) is 0 Å². The van der Waals surface area contributed by atoms with Gasteiger partial charge in [0.2, 0.25) is 0 Å². The number of rotatable bonds is 8. The second-order valence-electron chi connectivity index (χ2n) is 16.5. The summed E-state index contributed by atoms with van der Waals surface area (Å²) in [5.41, 5.74) is 16.8. The molecule has 0 unspecified atom stereocenters. The summed E-state index contributed by atoms with van der Waals surface area (Å²) in [7, 11) is 0. The molecule has 0 N–H and O–H groups in total. The van der Waals surface area contributed by atoms with Gasteiger partial charge in [0, 0.05) is 33.1 Å². The third-order valence-electron chi connectivity index (χ3n) is 12.7. The second-order valence-corrected chi connectivity index (χ2v) is 16.5. The predicted molar refractivity (Wildman–Crippen MR) is 271 cm³/mol. The van der Waals surface area contributed by atoms with E-state index in [1.165, 1.54) is 49.5 Å². The van der Waals surface area contributed by atoms with Crippen molar-refractivity contribution in [2.45, 2.75) is 0 Å². The van der Waals surface area contributed by atoms with Gasteiger partial charge in [0.1, 0.15) is 11.2 Å². The standard InChI is InChI=1S/C62H41NO/c1-3-15-44(16-4-1)54-35-31-50(40-58(54)45-17-5-2-6-18-45)43-28-33-52(34-29-43)63(53-22-13-21-48(39-53)49-27-26-42-14-7-8-20-47(42)38-49)60-25-12-11-23-55(60)51-32-37-61-59(41-51)57-36-30-46-19-9-10-24-56(46)62(57)64-61/h1-41H. The molecule has 1 aromatic heterocycles. The molecule has 0 amide bonds. The lowest BCUT2D eigenvalue weighted by Crippen LogP contribution is -2.11. The van der Waals surface area contributed by atoms with E-state index in [1.807, 2.05) is 0 Å². The first-order valence-corrected chi connectivity index (χ1v) is 21.9. The van der Waals surface area contributed by atoms with E-state index in [-0.39, 0.29) is 0 Å². The summed E-state index contributed by atoms with van der Waals surface area (Å²) in [4.78, 5) is 2.41. The zero-order chi connectivity index (χ0) is 42.4. The second kappa shape index (κ2) is 15.8. The van der Waals surface area contributed by atoms with E-state index < -0.39 is 0 Å². The molecular formula is C62H41NO. The van der Waals surface area contributed by atoms with Crippen LogP contribution in [0.5, 0.6) is 0 Å². The van der Waals surface area contributed by atoms with Crippen LogP contribution < -0.4 is 4.90 Å². The first-order chi connectivity index (χ1) is 31.7. The zero-order valence-electron chi connectivity index (χ0n) is 35.0. The van der Waals surface area contributed by atoms with Gasteiger partial charge in [-0.25, -0.2) is 0 Å². The lowest BCUT2D eigenvalue weighted by Gasteiger charge is -2.28. The number of furan rings is 1. The van der Waals surface area contributed by atoms with Gasteiger partial charge < -0.3 is 9.32 Å². The molecule has 12 rings (SSSR count). The van der Waals surface area contributed by atoms with Gasteiger partial charge in [-0.05, 0) is 127 Å². The van der Waals surface area contributed by atoms with Crippen molar-refractivity contribution in [3.8, 4) is 55.6 Å². The quantitative estimate of drug-likeness (QED) is 0.152. The van der Waals surface area contributed by atoms with Crippen molar-refractivity contribution in [3.05, 3.63) is 249 Å². The number of hydrogen-bond acceptors (Lipinski definition) is 2. The molecule has 2 nitrogen and oxygen atoms in total. The molecule has 64 heavy (non-hydrogen) atoms. The van der Waals surface area contributed by atoms with Crippen molar-refractivity contribution in [1.82, 2.24) is 0 Å². The van der Waals surface area contributed by atoms with Crippen molar-refractivity contribution >= 4 is 60.5 Å². The van der Waals surface area contributed by atoms with E-state index in [4.69, 9.17) is 4.42 Å². The highest BCUT2D eigenvalue weighted by Crippen LogP contribution is 2.45. The van der Waals surface area contributed by atoms with Crippen LogP contribution in [0.3, 0.4) is 0 Å². The predicted octanol–water partition coefficient (Wildman–Crippen LogP) is 17.7. The van der Waals surface area contributed by atoms with Crippen LogP contribution in [0.4, 0.5) is 17.1 Å². The number of benzene rings is 11. The van der Waals surface area contributed by atoms with Crippen LogP contribution in [-0.2, 0) is 0 Å². The van der Waals surface area contributed by atoms with Gasteiger partial charge in [-0.2, -0.15) is 0 Å². The average Bonchev–Trinajstić information content (AvgIpc) is 3.76. The minimum Gasteiger partial charge on any atom is -0.455 e. The lowest BCUT2D eigenvalue weighted by molar-refractivity contribution is 0.672. The molecule has 0 saturated heterocycles. The summed E-state index contributed by atoms with van der Waals surface area (Å²) in [6, 6.07) is 89.8. The normalized spacial score (nSPS) is 11.4. The summed E-state index contributed by atoms with van der Waals surface area (Å²) in [6.45, 7) is 0. The van der Waals surface area contributed by atoms with E-state index in [9.17, 15) is 0 Å². The molecule has 0 fully saturated rings. The summed E-state index contributed by atoms with van der Waals surface area (Å²) < 4.78 is 6.55. The van der Waals surface area contributed by atoms with Gasteiger partial charge in [0.05, 0.1) is 5.69 Å². The molecule has 11 aromatic carbocycles. The number of fused-ring (bicyclic) bond motifs is 6. The zero-order valence-corrected chi connectivity index (χ0v) is 35.0. The monoisotopic (exact) mass is 815 g/mol. The first-order valence-electron chi connectivity index (χ1n) is 21.9. The Morgan fingerprint density at radius 1 is 0.266 bits per heavy atom. The highest BCUT2D eigenvalue weighted by molar-refractivity contribution is 6.15. The lowest BCUT2D eigenvalue weighted by atomic mass is 9.91. The Balaban J connectivity index is 0.997. The van der Waals surface area contributed by atoms with E-state index in [0.717, 1.165) is 66.6 Å². The van der Waals surface area contributed by atoms with Crippen LogP contribution >= 0.6 is 0 Å². The molecule has 0 spiro atoms. The average molecular weight is 816 g/mol. The fourth-order valence-corrected chi connectivity index (χ4v) is 9.46. The molecule has 0 atom stereocenters. The van der Waals surface area contributed by atoms with Crippen molar-refractivity contribution < 1.29 is 4.42 Å². The Morgan fingerprint density at radius 3 is 1.70 bits per heavy atom. The van der Waals surface area contributed by atoms with Crippen molar-refractivity contribution in [2.75, 3.05) is 4.90 Å². The Bertz CT molecular complexity index is 3660. The third-order valence-corrected chi connectivity index (χ3v) is 12.7. The topological polar surface area (TPSA) is 16.4 Å². The SMILES string of the molecule is c1ccc(-c2ccc(-c3ccc(N(c4cccc(-c5ccc6ccccc6c5)c4)c4ccccc4-c4ccc5oc6c7ccccc7ccc6c5c4)cc3)cc2-c2ccccc2)cc1. The summed E-state index contributed by atoms with van der Waals surface area (Å²) in [6.07, 6.45) is 0. The maximum absolute atomic E-state index is 6.55. The Morgan fingerprint density at radius 2 is 0.875 bits per heavy atom.